The van der Waals surface area contributed by atoms with Crippen LogP contribution < -0.4 is 5.43 Å². The van der Waals surface area contributed by atoms with Crippen molar-refractivity contribution in [3.63, 3.8) is 0 Å². The number of nitrogens with zero attached hydrogens (tertiary/aromatic N) is 1. The lowest BCUT2D eigenvalue weighted by atomic mass is 9.94. The molecule has 1 saturated heterocycles. The summed E-state index contributed by atoms with van der Waals surface area (Å²) in [5.41, 5.74) is 2.92. The minimum Gasteiger partial charge on any atom is -0.395 e. The largest absolute Gasteiger partial charge is 0.395 e. The van der Waals surface area contributed by atoms with Gasteiger partial charge in [0.25, 0.3) is 0 Å². The quantitative estimate of drug-likeness (QED) is 0.303. The second-order valence-corrected chi connectivity index (χ2v) is 5.36. The lowest BCUT2D eigenvalue weighted by Gasteiger charge is -2.46. The van der Waals surface area contributed by atoms with Crippen molar-refractivity contribution < 1.29 is 25.5 Å². The van der Waals surface area contributed by atoms with E-state index >= 15 is 0 Å². The Morgan fingerprint density at radius 3 is 2.15 bits per heavy atom. The highest BCUT2D eigenvalue weighted by atomic mass is 16.4. The number of rotatable bonds is 8. The molecule has 1 rings (SSSR count). The Balaban J connectivity index is 2.44. The van der Waals surface area contributed by atoms with Gasteiger partial charge in [-0.15, -0.1) is 0 Å². The van der Waals surface area contributed by atoms with Crippen LogP contribution in [0.5, 0.6) is 0 Å². The van der Waals surface area contributed by atoms with Crippen molar-refractivity contribution in [2.45, 2.75) is 69.6 Å². The first kappa shape index (κ1) is 17.8. The molecule has 120 valence electrons. The zero-order chi connectivity index (χ0) is 15.1. The van der Waals surface area contributed by atoms with E-state index in [0.717, 1.165) is 19.3 Å². The van der Waals surface area contributed by atoms with Crippen LogP contribution in [0, 0.1) is 0 Å². The second kappa shape index (κ2) is 8.89. The molecule has 5 atom stereocenters. The van der Waals surface area contributed by atoms with Gasteiger partial charge >= 0.3 is 0 Å². The molecule has 0 aliphatic carbocycles. The van der Waals surface area contributed by atoms with Crippen LogP contribution in [0.1, 0.15) is 39.0 Å². The standard InChI is InChI=1S/C13H28N2O5/c1-2-3-4-5-6-7-14-15-9(8-16)10(17)11(18)12(19)13(15)20/h9-14,16-20H,2-8H2,1H3/t9-,10-,11+,12-,13?/m1/s1. The van der Waals surface area contributed by atoms with Gasteiger partial charge in [-0.3, -0.25) is 5.43 Å². The van der Waals surface area contributed by atoms with Crippen LogP contribution >= 0.6 is 0 Å². The number of hydrazine groups is 1. The predicted octanol–water partition coefficient (Wildman–Crippen LogP) is -1.46. The van der Waals surface area contributed by atoms with Gasteiger partial charge in [0.2, 0.25) is 0 Å². The monoisotopic (exact) mass is 292 g/mol. The maximum absolute atomic E-state index is 9.90. The van der Waals surface area contributed by atoms with Gasteiger partial charge in [-0.2, -0.15) is 0 Å². The summed E-state index contributed by atoms with van der Waals surface area (Å²) in [6.07, 6.45) is -0.152. The van der Waals surface area contributed by atoms with E-state index in [1.54, 1.807) is 0 Å². The number of hydrogen-bond acceptors (Lipinski definition) is 7. The lowest BCUT2D eigenvalue weighted by molar-refractivity contribution is -0.237. The molecule has 0 aromatic carbocycles. The zero-order valence-corrected chi connectivity index (χ0v) is 12.0. The molecule has 0 bridgehead atoms. The molecular weight excluding hydrogens is 264 g/mol. The Morgan fingerprint density at radius 2 is 1.55 bits per heavy atom. The Bertz CT molecular complexity index is 269. The Labute approximate surface area is 119 Å². The van der Waals surface area contributed by atoms with Crippen LogP contribution in [0.15, 0.2) is 0 Å². The van der Waals surface area contributed by atoms with E-state index in [-0.39, 0.29) is 0 Å². The van der Waals surface area contributed by atoms with E-state index in [9.17, 15) is 25.5 Å². The van der Waals surface area contributed by atoms with E-state index < -0.39 is 37.2 Å². The fourth-order valence-corrected chi connectivity index (χ4v) is 2.47. The van der Waals surface area contributed by atoms with E-state index in [1.807, 2.05) is 0 Å². The van der Waals surface area contributed by atoms with Gasteiger partial charge in [-0.25, -0.2) is 5.01 Å². The number of aliphatic hydroxyl groups excluding tert-OH is 5. The summed E-state index contributed by atoms with van der Waals surface area (Å²) >= 11 is 0. The molecule has 1 aliphatic rings. The summed E-state index contributed by atoms with van der Waals surface area (Å²) in [6.45, 7) is 2.29. The Hall–Kier alpha value is -0.280. The van der Waals surface area contributed by atoms with Crippen molar-refractivity contribution in [2.24, 2.45) is 0 Å². The van der Waals surface area contributed by atoms with E-state index in [4.69, 9.17) is 0 Å². The highest BCUT2D eigenvalue weighted by Crippen LogP contribution is 2.21. The average molecular weight is 292 g/mol. The summed E-state index contributed by atoms with van der Waals surface area (Å²) < 4.78 is 0. The molecule has 20 heavy (non-hydrogen) atoms. The minimum atomic E-state index is -1.47. The number of aliphatic hydroxyl groups is 5. The highest BCUT2D eigenvalue weighted by molar-refractivity contribution is 4.95. The fraction of sp³-hybridized carbons (Fsp3) is 1.00. The topological polar surface area (TPSA) is 116 Å². The smallest absolute Gasteiger partial charge is 0.148 e. The maximum Gasteiger partial charge on any atom is 0.148 e. The molecule has 0 aromatic rings. The molecule has 0 radical (unpaired) electrons. The fourth-order valence-electron chi connectivity index (χ4n) is 2.47. The third kappa shape index (κ3) is 4.36. The molecule has 1 heterocycles. The van der Waals surface area contributed by atoms with Crippen molar-refractivity contribution >= 4 is 0 Å². The SMILES string of the molecule is CCCCCCCNN1C(O)[C@H](O)[C@@H](O)[C@H](O)[C@H]1CO. The van der Waals surface area contributed by atoms with Gasteiger partial charge in [0.1, 0.15) is 24.5 Å². The normalized spacial score (nSPS) is 35.4. The molecule has 0 amide bonds. The predicted molar refractivity (Wildman–Crippen MR) is 73.5 cm³/mol. The minimum absolute atomic E-state index is 0.426. The van der Waals surface area contributed by atoms with Gasteiger partial charge in [0.15, 0.2) is 0 Å². The van der Waals surface area contributed by atoms with Crippen molar-refractivity contribution in [3.05, 3.63) is 0 Å². The van der Waals surface area contributed by atoms with Crippen LogP contribution in [-0.4, -0.2) is 74.3 Å². The van der Waals surface area contributed by atoms with Gasteiger partial charge < -0.3 is 25.5 Å². The van der Waals surface area contributed by atoms with E-state index in [1.165, 1.54) is 17.9 Å². The molecule has 0 aromatic heterocycles. The van der Waals surface area contributed by atoms with Crippen molar-refractivity contribution in [3.8, 4) is 0 Å². The van der Waals surface area contributed by atoms with Gasteiger partial charge in [-0.05, 0) is 6.42 Å². The first-order chi connectivity index (χ1) is 9.54. The molecular formula is C13H28N2O5. The molecule has 1 aliphatic heterocycles. The first-order valence-electron chi connectivity index (χ1n) is 7.39. The summed E-state index contributed by atoms with van der Waals surface area (Å²) in [6, 6.07) is -0.848. The number of unbranched alkanes of at least 4 members (excludes halogenated alkanes) is 4. The molecule has 7 nitrogen and oxygen atoms in total. The number of hydrogen-bond donors (Lipinski definition) is 6. The van der Waals surface area contributed by atoms with Crippen LogP contribution in [-0.2, 0) is 0 Å². The molecule has 1 unspecified atom stereocenters. The maximum atomic E-state index is 9.90. The Kier molecular flexibility index (Phi) is 7.90. The highest BCUT2D eigenvalue weighted by Gasteiger charge is 2.46. The summed E-state index contributed by atoms with van der Waals surface area (Å²) in [4.78, 5) is 0. The number of nitrogens with one attached hydrogen (secondary N) is 1. The van der Waals surface area contributed by atoms with Crippen LogP contribution in [0.2, 0.25) is 0 Å². The van der Waals surface area contributed by atoms with Crippen molar-refractivity contribution in [1.82, 2.24) is 10.4 Å². The summed E-state index contributed by atoms with van der Waals surface area (Å²) in [5, 5.41) is 49.5. The summed E-state index contributed by atoms with van der Waals surface area (Å²) in [7, 11) is 0. The van der Waals surface area contributed by atoms with Crippen LogP contribution in [0.3, 0.4) is 0 Å². The molecule has 7 heteroatoms. The van der Waals surface area contributed by atoms with Gasteiger partial charge in [0, 0.05) is 6.54 Å². The van der Waals surface area contributed by atoms with Crippen molar-refractivity contribution in [1.29, 1.82) is 0 Å². The number of piperidine rings is 1. The molecule has 0 spiro atoms. The zero-order valence-electron chi connectivity index (χ0n) is 12.0. The third-order valence-corrected chi connectivity index (χ3v) is 3.80. The van der Waals surface area contributed by atoms with Crippen LogP contribution in [0.25, 0.3) is 0 Å². The Morgan fingerprint density at radius 1 is 0.900 bits per heavy atom. The van der Waals surface area contributed by atoms with E-state index in [2.05, 4.69) is 12.3 Å². The van der Waals surface area contributed by atoms with Gasteiger partial charge in [0.05, 0.1) is 12.6 Å². The third-order valence-electron chi connectivity index (χ3n) is 3.80. The first-order valence-corrected chi connectivity index (χ1v) is 7.39. The van der Waals surface area contributed by atoms with Crippen molar-refractivity contribution in [2.75, 3.05) is 13.2 Å². The second-order valence-electron chi connectivity index (χ2n) is 5.36. The summed E-state index contributed by atoms with van der Waals surface area (Å²) in [5.74, 6) is 0. The lowest BCUT2D eigenvalue weighted by Crippen LogP contribution is -2.70. The van der Waals surface area contributed by atoms with Gasteiger partial charge in [-0.1, -0.05) is 32.6 Å². The molecule has 0 saturated carbocycles. The van der Waals surface area contributed by atoms with E-state index in [0.29, 0.717) is 6.54 Å². The molecule has 1 fully saturated rings. The van der Waals surface area contributed by atoms with Crippen LogP contribution in [0.4, 0.5) is 0 Å². The molecule has 6 N–H and O–H groups in total. The average Bonchev–Trinajstić information content (AvgIpc) is 2.45.